The first kappa shape index (κ1) is 12.4. The quantitative estimate of drug-likeness (QED) is 0.678. The molecule has 1 unspecified atom stereocenters. The minimum atomic E-state index is -0.230. The molecule has 0 radical (unpaired) electrons. The van der Waals surface area contributed by atoms with Crippen LogP contribution in [0.4, 0.5) is 0 Å². The van der Waals surface area contributed by atoms with Gasteiger partial charge < -0.3 is 11.5 Å². The summed E-state index contributed by atoms with van der Waals surface area (Å²) in [5, 5.41) is 0. The first-order valence-corrected chi connectivity index (χ1v) is 5.79. The van der Waals surface area contributed by atoms with Crippen LogP contribution in [-0.2, 0) is 4.79 Å². The van der Waals surface area contributed by atoms with E-state index in [1.807, 2.05) is 6.92 Å². The third kappa shape index (κ3) is 3.14. The molecule has 1 saturated heterocycles. The Kier molecular flexibility index (Phi) is 4.47. The summed E-state index contributed by atoms with van der Waals surface area (Å²) in [4.78, 5) is 13.9. The monoisotopic (exact) mass is 229 g/mol. The highest BCUT2D eigenvalue weighted by Gasteiger charge is 2.27. The lowest BCUT2D eigenvalue weighted by atomic mass is 9.95. The van der Waals surface area contributed by atoms with Crippen molar-refractivity contribution >= 4 is 23.1 Å². The Hall–Kier alpha value is -0.680. The van der Waals surface area contributed by atoms with Gasteiger partial charge in [-0.2, -0.15) is 0 Å². The lowest BCUT2D eigenvalue weighted by molar-refractivity contribution is -0.123. The molecule has 0 bridgehead atoms. The molecule has 4 nitrogen and oxygen atoms in total. The number of nitrogens with zero attached hydrogens (tertiary/aromatic N) is 1. The van der Waals surface area contributed by atoms with Gasteiger partial charge in [0.2, 0.25) is 5.91 Å². The second kappa shape index (κ2) is 5.42. The fourth-order valence-corrected chi connectivity index (χ4v) is 2.37. The SMILES string of the molecule is CCC(C(N)=O)N1CCC(C(N)=S)CC1. The Labute approximate surface area is 96.0 Å². The van der Waals surface area contributed by atoms with Gasteiger partial charge in [0.25, 0.3) is 0 Å². The van der Waals surface area contributed by atoms with Gasteiger partial charge in [0.1, 0.15) is 0 Å². The predicted octanol–water partition coefficient (Wildman–Crippen LogP) is 0.248. The highest BCUT2D eigenvalue weighted by atomic mass is 32.1. The second-order valence-electron chi connectivity index (χ2n) is 4.04. The van der Waals surface area contributed by atoms with Crippen LogP contribution in [0.25, 0.3) is 0 Å². The molecule has 0 aromatic rings. The summed E-state index contributed by atoms with van der Waals surface area (Å²) < 4.78 is 0. The van der Waals surface area contributed by atoms with Crippen molar-refractivity contribution in [1.82, 2.24) is 4.90 Å². The molecule has 15 heavy (non-hydrogen) atoms. The Bertz CT molecular complexity index is 249. The maximum absolute atomic E-state index is 11.2. The lowest BCUT2D eigenvalue weighted by Gasteiger charge is -2.35. The highest BCUT2D eigenvalue weighted by Crippen LogP contribution is 2.20. The predicted molar refractivity (Wildman–Crippen MR) is 64.4 cm³/mol. The van der Waals surface area contributed by atoms with Crippen LogP contribution in [0.1, 0.15) is 26.2 Å². The number of primary amides is 1. The molecule has 1 aliphatic heterocycles. The number of likely N-dealkylation sites (tertiary alicyclic amines) is 1. The van der Waals surface area contributed by atoms with Crippen molar-refractivity contribution in [2.45, 2.75) is 32.2 Å². The van der Waals surface area contributed by atoms with E-state index in [-0.39, 0.29) is 11.9 Å². The molecular formula is C10H19N3OS. The molecule has 0 saturated carbocycles. The molecule has 1 fully saturated rings. The van der Waals surface area contributed by atoms with Crippen LogP contribution in [0.2, 0.25) is 0 Å². The smallest absolute Gasteiger partial charge is 0.234 e. The summed E-state index contributed by atoms with van der Waals surface area (Å²) in [5.74, 6) is 0.105. The summed E-state index contributed by atoms with van der Waals surface area (Å²) >= 11 is 4.97. The number of carbonyl (C=O) groups is 1. The fourth-order valence-electron chi connectivity index (χ4n) is 2.13. The van der Waals surface area contributed by atoms with Crippen molar-refractivity contribution in [3.8, 4) is 0 Å². The van der Waals surface area contributed by atoms with E-state index in [2.05, 4.69) is 4.90 Å². The number of hydrogen-bond acceptors (Lipinski definition) is 3. The zero-order valence-electron chi connectivity index (χ0n) is 9.11. The van der Waals surface area contributed by atoms with Crippen LogP contribution >= 0.6 is 12.2 Å². The zero-order chi connectivity index (χ0) is 11.4. The highest BCUT2D eigenvalue weighted by molar-refractivity contribution is 7.80. The van der Waals surface area contributed by atoms with Gasteiger partial charge in [-0.1, -0.05) is 19.1 Å². The Balaban J connectivity index is 2.49. The lowest BCUT2D eigenvalue weighted by Crippen LogP contribution is -2.49. The van der Waals surface area contributed by atoms with Crippen molar-refractivity contribution in [3.05, 3.63) is 0 Å². The van der Waals surface area contributed by atoms with Crippen molar-refractivity contribution in [1.29, 1.82) is 0 Å². The number of amides is 1. The maximum Gasteiger partial charge on any atom is 0.234 e. The Morgan fingerprint density at radius 1 is 1.47 bits per heavy atom. The van der Waals surface area contributed by atoms with E-state index in [1.165, 1.54) is 0 Å². The van der Waals surface area contributed by atoms with E-state index >= 15 is 0 Å². The minimum absolute atomic E-state index is 0.128. The molecule has 1 rings (SSSR count). The van der Waals surface area contributed by atoms with Crippen LogP contribution in [0.5, 0.6) is 0 Å². The average Bonchev–Trinajstić information content (AvgIpc) is 2.19. The van der Waals surface area contributed by atoms with Crippen molar-refractivity contribution in [2.24, 2.45) is 17.4 Å². The van der Waals surface area contributed by atoms with Gasteiger partial charge in [-0.25, -0.2) is 0 Å². The van der Waals surface area contributed by atoms with Gasteiger partial charge in [-0.15, -0.1) is 0 Å². The number of thiocarbonyl (C=S) groups is 1. The van der Waals surface area contributed by atoms with Crippen molar-refractivity contribution in [3.63, 3.8) is 0 Å². The molecule has 0 aromatic carbocycles. The summed E-state index contributed by atoms with van der Waals surface area (Å²) in [5.41, 5.74) is 10.9. The number of rotatable bonds is 4. The van der Waals surface area contributed by atoms with Crippen molar-refractivity contribution < 1.29 is 4.79 Å². The largest absolute Gasteiger partial charge is 0.393 e. The second-order valence-corrected chi connectivity index (χ2v) is 4.51. The first-order valence-electron chi connectivity index (χ1n) is 5.39. The van der Waals surface area contributed by atoms with Gasteiger partial charge in [-0.05, 0) is 32.4 Å². The number of nitrogens with two attached hydrogens (primary N) is 2. The third-order valence-electron chi connectivity index (χ3n) is 3.09. The average molecular weight is 229 g/mol. The van der Waals surface area contributed by atoms with Gasteiger partial charge in [0.15, 0.2) is 0 Å². The summed E-state index contributed by atoms with van der Waals surface area (Å²) in [6.07, 6.45) is 2.66. The van der Waals surface area contributed by atoms with E-state index in [9.17, 15) is 4.79 Å². The van der Waals surface area contributed by atoms with Gasteiger partial charge in [0, 0.05) is 5.92 Å². The molecule has 86 valence electrons. The van der Waals surface area contributed by atoms with E-state index in [4.69, 9.17) is 23.7 Å². The van der Waals surface area contributed by atoms with E-state index in [0.717, 1.165) is 32.4 Å². The third-order valence-corrected chi connectivity index (χ3v) is 3.42. The molecule has 0 aliphatic carbocycles. The summed E-state index contributed by atoms with van der Waals surface area (Å²) in [6.45, 7) is 3.71. The fraction of sp³-hybridized carbons (Fsp3) is 0.800. The Morgan fingerprint density at radius 3 is 2.33 bits per heavy atom. The molecule has 0 aromatic heterocycles. The molecular weight excluding hydrogens is 210 g/mol. The van der Waals surface area contributed by atoms with E-state index < -0.39 is 0 Å². The van der Waals surface area contributed by atoms with Crippen LogP contribution in [0, 0.1) is 5.92 Å². The number of piperidine rings is 1. The van der Waals surface area contributed by atoms with Gasteiger partial charge in [0.05, 0.1) is 11.0 Å². The zero-order valence-corrected chi connectivity index (χ0v) is 9.93. The molecule has 0 spiro atoms. The number of hydrogen-bond donors (Lipinski definition) is 2. The number of carbonyl (C=O) groups excluding carboxylic acids is 1. The van der Waals surface area contributed by atoms with Crippen LogP contribution in [0.15, 0.2) is 0 Å². The molecule has 1 amide bonds. The van der Waals surface area contributed by atoms with Gasteiger partial charge in [-0.3, -0.25) is 9.69 Å². The maximum atomic E-state index is 11.2. The Morgan fingerprint density at radius 2 is 2.00 bits per heavy atom. The normalized spacial score (nSPS) is 21.1. The van der Waals surface area contributed by atoms with Gasteiger partial charge >= 0.3 is 0 Å². The van der Waals surface area contributed by atoms with E-state index in [0.29, 0.717) is 10.9 Å². The molecule has 1 aliphatic rings. The standard InChI is InChI=1S/C10H19N3OS/c1-2-8(9(11)14)13-5-3-7(4-6-13)10(12)15/h7-8H,2-6H2,1H3,(H2,11,14)(H2,12,15). The van der Waals surface area contributed by atoms with E-state index in [1.54, 1.807) is 0 Å². The minimum Gasteiger partial charge on any atom is -0.393 e. The molecule has 1 atom stereocenters. The topological polar surface area (TPSA) is 72.4 Å². The van der Waals surface area contributed by atoms with Crippen LogP contribution in [0.3, 0.4) is 0 Å². The van der Waals surface area contributed by atoms with Crippen molar-refractivity contribution in [2.75, 3.05) is 13.1 Å². The molecule has 5 heteroatoms. The van der Waals surface area contributed by atoms with Crippen LogP contribution < -0.4 is 11.5 Å². The first-order chi connectivity index (χ1) is 7.06. The molecule has 1 heterocycles. The summed E-state index contributed by atoms with van der Waals surface area (Å²) in [6, 6.07) is -0.128. The van der Waals surface area contributed by atoms with Crippen LogP contribution in [-0.4, -0.2) is 34.9 Å². The summed E-state index contributed by atoms with van der Waals surface area (Å²) in [7, 11) is 0. The molecule has 4 N–H and O–H groups in total.